The molecule has 1 aliphatic carbocycles. The zero-order chi connectivity index (χ0) is 22.3. The van der Waals surface area contributed by atoms with Gasteiger partial charge in [0.15, 0.2) is 11.5 Å². The van der Waals surface area contributed by atoms with Crippen LogP contribution in [0.15, 0.2) is 72.8 Å². The van der Waals surface area contributed by atoms with Crippen molar-refractivity contribution in [1.29, 1.82) is 0 Å². The first-order valence-corrected chi connectivity index (χ1v) is 10.8. The Morgan fingerprint density at radius 2 is 1.66 bits per heavy atom. The lowest BCUT2D eigenvalue weighted by molar-refractivity contribution is 0.144. The van der Waals surface area contributed by atoms with Crippen LogP contribution in [0.4, 0.5) is 4.79 Å². The highest BCUT2D eigenvalue weighted by molar-refractivity contribution is 5.79. The first-order valence-electron chi connectivity index (χ1n) is 10.8. The number of nitrogens with one attached hydrogen (secondary N) is 1. The summed E-state index contributed by atoms with van der Waals surface area (Å²) in [7, 11) is 1.62. The molecule has 1 N–H and O–H groups in total. The van der Waals surface area contributed by atoms with E-state index in [2.05, 4.69) is 29.6 Å². The van der Waals surface area contributed by atoms with Gasteiger partial charge in [-0.3, -0.25) is 0 Å². The number of alkyl carbamates (subject to hydrolysis) is 1. The molecule has 3 aromatic rings. The van der Waals surface area contributed by atoms with Crippen LogP contribution < -0.4 is 14.8 Å². The Balaban J connectivity index is 1.31. The second-order valence-corrected chi connectivity index (χ2v) is 7.45. The maximum absolute atomic E-state index is 12.3. The van der Waals surface area contributed by atoms with E-state index in [4.69, 9.17) is 14.2 Å². The van der Waals surface area contributed by atoms with Crippen molar-refractivity contribution in [3.05, 3.63) is 89.5 Å². The molecule has 0 radical (unpaired) electrons. The van der Waals surface area contributed by atoms with Crippen molar-refractivity contribution in [1.82, 2.24) is 5.32 Å². The van der Waals surface area contributed by atoms with E-state index in [0.717, 1.165) is 5.56 Å². The van der Waals surface area contributed by atoms with Crippen LogP contribution >= 0.6 is 0 Å². The van der Waals surface area contributed by atoms with Crippen LogP contribution in [0, 0.1) is 0 Å². The molecular formula is C27H27NO4. The molecule has 0 heterocycles. The van der Waals surface area contributed by atoms with E-state index in [1.165, 1.54) is 22.3 Å². The number of hydrogen-bond donors (Lipinski definition) is 1. The number of fused-ring (bicyclic) bond motifs is 3. The third-order valence-corrected chi connectivity index (χ3v) is 5.51. The SMILES string of the molecule is CCOc1cc(C=CCNC(=O)OCC2c3ccccc3-c3ccccc32)ccc1OC. The smallest absolute Gasteiger partial charge is 0.407 e. The minimum Gasteiger partial charge on any atom is -0.493 e. The lowest BCUT2D eigenvalue weighted by Crippen LogP contribution is -2.26. The molecule has 5 nitrogen and oxygen atoms in total. The Morgan fingerprint density at radius 1 is 0.969 bits per heavy atom. The number of methoxy groups -OCH3 is 1. The van der Waals surface area contributed by atoms with Gasteiger partial charge in [0.1, 0.15) is 6.61 Å². The summed E-state index contributed by atoms with van der Waals surface area (Å²) in [4.78, 5) is 12.3. The molecule has 0 atom stereocenters. The van der Waals surface area contributed by atoms with Crippen LogP contribution in [0.5, 0.6) is 11.5 Å². The van der Waals surface area contributed by atoms with Gasteiger partial charge in [0, 0.05) is 12.5 Å². The van der Waals surface area contributed by atoms with E-state index >= 15 is 0 Å². The van der Waals surface area contributed by atoms with E-state index in [1.54, 1.807) is 7.11 Å². The molecule has 0 fully saturated rings. The normalized spacial score (nSPS) is 12.3. The average molecular weight is 430 g/mol. The maximum Gasteiger partial charge on any atom is 0.407 e. The fraction of sp³-hybridized carbons (Fsp3) is 0.222. The van der Waals surface area contributed by atoms with Crippen LogP contribution in [0.2, 0.25) is 0 Å². The molecular weight excluding hydrogens is 402 g/mol. The van der Waals surface area contributed by atoms with Gasteiger partial charge in [0.05, 0.1) is 13.7 Å². The van der Waals surface area contributed by atoms with Crippen LogP contribution in [-0.4, -0.2) is 33.0 Å². The molecule has 0 saturated carbocycles. The number of carbonyl (C=O) groups excluding carboxylic acids is 1. The van der Waals surface area contributed by atoms with Crippen molar-refractivity contribution in [2.75, 3.05) is 26.9 Å². The molecule has 0 unspecified atom stereocenters. The second-order valence-electron chi connectivity index (χ2n) is 7.45. The number of benzene rings is 3. The Hall–Kier alpha value is -3.73. The number of carbonyl (C=O) groups is 1. The summed E-state index contributed by atoms with van der Waals surface area (Å²) in [6.45, 7) is 3.17. The lowest BCUT2D eigenvalue weighted by atomic mass is 9.98. The fourth-order valence-corrected chi connectivity index (χ4v) is 4.05. The molecule has 0 saturated heterocycles. The second kappa shape index (κ2) is 10.1. The van der Waals surface area contributed by atoms with Gasteiger partial charge < -0.3 is 19.5 Å². The molecule has 0 spiro atoms. The van der Waals surface area contributed by atoms with E-state index in [0.29, 0.717) is 31.3 Å². The minimum absolute atomic E-state index is 0.0555. The third-order valence-electron chi connectivity index (χ3n) is 5.51. The standard InChI is InChI=1S/C27H27NO4/c1-3-31-26-17-19(14-15-25(26)30-2)9-8-16-28-27(29)32-18-24-22-12-6-4-10-20(22)21-11-5-7-13-23(21)24/h4-15,17,24H,3,16,18H2,1-2H3,(H,28,29). The van der Waals surface area contributed by atoms with Crippen molar-refractivity contribution >= 4 is 12.2 Å². The highest BCUT2D eigenvalue weighted by Crippen LogP contribution is 2.44. The number of rotatable bonds is 8. The Labute approximate surface area is 188 Å². The van der Waals surface area contributed by atoms with Gasteiger partial charge in [0.25, 0.3) is 0 Å². The molecule has 4 rings (SSSR count). The zero-order valence-electron chi connectivity index (χ0n) is 18.3. The first-order chi connectivity index (χ1) is 15.7. The highest BCUT2D eigenvalue weighted by atomic mass is 16.5. The molecule has 1 amide bonds. The monoisotopic (exact) mass is 429 g/mol. The summed E-state index contributed by atoms with van der Waals surface area (Å²) in [6.07, 6.45) is 3.37. The summed E-state index contributed by atoms with van der Waals surface area (Å²) in [5.41, 5.74) is 5.79. The molecule has 3 aromatic carbocycles. The van der Waals surface area contributed by atoms with Gasteiger partial charge in [0.2, 0.25) is 0 Å². The van der Waals surface area contributed by atoms with E-state index in [9.17, 15) is 4.79 Å². The number of ether oxygens (including phenoxy) is 3. The largest absolute Gasteiger partial charge is 0.493 e. The predicted octanol–water partition coefficient (Wildman–Crippen LogP) is 5.65. The van der Waals surface area contributed by atoms with Crippen molar-refractivity contribution in [2.24, 2.45) is 0 Å². The summed E-state index contributed by atoms with van der Waals surface area (Å²) in [5, 5.41) is 2.78. The van der Waals surface area contributed by atoms with Crippen molar-refractivity contribution in [3.8, 4) is 22.6 Å². The lowest BCUT2D eigenvalue weighted by Gasteiger charge is -2.14. The fourth-order valence-electron chi connectivity index (χ4n) is 4.05. The Morgan fingerprint density at radius 3 is 2.31 bits per heavy atom. The van der Waals surface area contributed by atoms with Crippen LogP contribution in [0.3, 0.4) is 0 Å². The first kappa shape index (κ1) is 21.5. The van der Waals surface area contributed by atoms with Gasteiger partial charge in [-0.25, -0.2) is 4.79 Å². The van der Waals surface area contributed by atoms with Gasteiger partial charge in [-0.1, -0.05) is 66.7 Å². The maximum atomic E-state index is 12.3. The van der Waals surface area contributed by atoms with E-state index in [-0.39, 0.29) is 5.92 Å². The van der Waals surface area contributed by atoms with E-state index < -0.39 is 6.09 Å². The number of amides is 1. The molecule has 32 heavy (non-hydrogen) atoms. The van der Waals surface area contributed by atoms with E-state index in [1.807, 2.05) is 61.5 Å². The average Bonchev–Trinajstić information content (AvgIpc) is 3.15. The predicted molar refractivity (Wildman–Crippen MR) is 126 cm³/mol. The van der Waals surface area contributed by atoms with Crippen molar-refractivity contribution in [3.63, 3.8) is 0 Å². The summed E-state index contributed by atoms with van der Waals surface area (Å²) < 4.78 is 16.4. The topological polar surface area (TPSA) is 56.8 Å². The highest BCUT2D eigenvalue weighted by Gasteiger charge is 2.28. The molecule has 1 aliphatic rings. The summed E-state index contributed by atoms with van der Waals surface area (Å²) >= 11 is 0. The molecule has 5 heteroatoms. The molecule has 164 valence electrons. The number of hydrogen-bond acceptors (Lipinski definition) is 4. The van der Waals surface area contributed by atoms with Crippen LogP contribution in [0.25, 0.3) is 17.2 Å². The Kier molecular flexibility index (Phi) is 6.75. The third kappa shape index (κ3) is 4.62. The molecule has 0 aliphatic heterocycles. The molecule has 0 bridgehead atoms. The minimum atomic E-state index is -0.429. The van der Waals surface area contributed by atoms with Crippen molar-refractivity contribution in [2.45, 2.75) is 12.8 Å². The van der Waals surface area contributed by atoms with Crippen LogP contribution in [-0.2, 0) is 4.74 Å². The van der Waals surface area contributed by atoms with Crippen molar-refractivity contribution < 1.29 is 19.0 Å². The molecule has 0 aromatic heterocycles. The van der Waals surface area contributed by atoms with Gasteiger partial charge in [-0.15, -0.1) is 0 Å². The van der Waals surface area contributed by atoms with Gasteiger partial charge >= 0.3 is 6.09 Å². The Bertz CT molecular complexity index is 1080. The van der Waals surface area contributed by atoms with Gasteiger partial charge in [-0.2, -0.15) is 0 Å². The summed E-state index contributed by atoms with van der Waals surface area (Å²) in [6, 6.07) is 22.3. The van der Waals surface area contributed by atoms with Crippen LogP contribution in [0.1, 0.15) is 29.5 Å². The quantitative estimate of drug-likeness (QED) is 0.503. The summed E-state index contributed by atoms with van der Waals surface area (Å²) in [5.74, 6) is 1.45. The van der Waals surface area contributed by atoms with Gasteiger partial charge in [-0.05, 0) is 46.9 Å². The zero-order valence-corrected chi connectivity index (χ0v) is 18.3.